The minimum Gasteiger partial charge on any atom is -0.496 e. The Balaban J connectivity index is 2.17. The molecule has 0 saturated carbocycles. The maximum absolute atomic E-state index is 12.0. The summed E-state index contributed by atoms with van der Waals surface area (Å²) in [5.41, 5.74) is 0.402. The molecule has 0 aliphatic heterocycles. The van der Waals surface area contributed by atoms with Gasteiger partial charge in [0.25, 0.3) is 5.69 Å². The highest BCUT2D eigenvalue weighted by Crippen LogP contribution is 2.29. The maximum Gasteiger partial charge on any atom is 0.296 e. The topological polar surface area (TPSA) is 81.5 Å². The summed E-state index contributed by atoms with van der Waals surface area (Å²) in [7, 11) is 1.40. The molecule has 2 aromatic carbocycles. The highest BCUT2D eigenvalue weighted by molar-refractivity contribution is 6.35. The lowest BCUT2D eigenvalue weighted by atomic mass is 10.2. The molecule has 0 aromatic heterocycles. The lowest BCUT2D eigenvalue weighted by Crippen LogP contribution is -2.09. The summed E-state index contributed by atoms with van der Waals surface area (Å²) >= 11 is 11.8. The average molecular weight is 367 g/mol. The van der Waals surface area contributed by atoms with E-state index >= 15 is 0 Å². The van der Waals surface area contributed by atoms with Crippen LogP contribution in [0.15, 0.2) is 42.5 Å². The molecule has 1 amide bonds. The molecule has 0 atom stereocenters. The Bertz CT molecular complexity index is 822. The fourth-order valence-corrected chi connectivity index (χ4v) is 2.34. The summed E-state index contributed by atoms with van der Waals surface area (Å²) in [4.78, 5) is 22.5. The van der Waals surface area contributed by atoms with Crippen LogP contribution >= 0.6 is 23.2 Å². The van der Waals surface area contributed by atoms with E-state index in [1.54, 1.807) is 18.2 Å². The van der Waals surface area contributed by atoms with E-state index in [1.807, 2.05) is 0 Å². The van der Waals surface area contributed by atoms with Gasteiger partial charge >= 0.3 is 0 Å². The predicted molar refractivity (Wildman–Crippen MR) is 93.8 cm³/mol. The van der Waals surface area contributed by atoms with Gasteiger partial charge in [0.2, 0.25) is 5.91 Å². The first-order chi connectivity index (χ1) is 11.4. The fourth-order valence-electron chi connectivity index (χ4n) is 1.87. The van der Waals surface area contributed by atoms with Crippen LogP contribution in [0.25, 0.3) is 6.08 Å². The third-order valence-corrected chi connectivity index (χ3v) is 3.60. The molecule has 0 bridgehead atoms. The number of ether oxygens (including phenoxy) is 1. The van der Waals surface area contributed by atoms with Crippen LogP contribution in [0, 0.1) is 10.1 Å². The Morgan fingerprint density at radius 2 is 2.00 bits per heavy atom. The molecular weight excluding hydrogens is 355 g/mol. The number of hydrogen-bond acceptors (Lipinski definition) is 4. The molecule has 6 nitrogen and oxygen atoms in total. The van der Waals surface area contributed by atoms with Crippen LogP contribution in [0.1, 0.15) is 5.56 Å². The summed E-state index contributed by atoms with van der Waals surface area (Å²) in [6.45, 7) is 0. The minimum absolute atomic E-state index is 0.0673. The van der Waals surface area contributed by atoms with Crippen molar-refractivity contribution in [3.63, 3.8) is 0 Å². The first-order valence-electron chi connectivity index (χ1n) is 6.67. The van der Waals surface area contributed by atoms with Gasteiger partial charge in [0.15, 0.2) is 0 Å². The zero-order valence-electron chi connectivity index (χ0n) is 12.5. The summed E-state index contributed by atoms with van der Waals surface area (Å²) in [5, 5.41) is 14.4. The van der Waals surface area contributed by atoms with Crippen molar-refractivity contribution in [1.29, 1.82) is 0 Å². The number of nitrogens with zero attached hydrogens (tertiary/aromatic N) is 1. The number of nitrogens with one attached hydrogen (secondary N) is 1. The second-order valence-corrected chi connectivity index (χ2v) is 5.47. The second-order valence-electron chi connectivity index (χ2n) is 4.63. The smallest absolute Gasteiger partial charge is 0.296 e. The van der Waals surface area contributed by atoms with Gasteiger partial charge in [-0.1, -0.05) is 29.3 Å². The fraction of sp³-hybridized carbons (Fsp3) is 0.0625. The van der Waals surface area contributed by atoms with Gasteiger partial charge in [-0.2, -0.15) is 0 Å². The van der Waals surface area contributed by atoms with E-state index in [2.05, 4.69) is 5.32 Å². The van der Waals surface area contributed by atoms with Crippen LogP contribution in [0.5, 0.6) is 5.75 Å². The highest BCUT2D eigenvalue weighted by atomic mass is 35.5. The molecule has 0 radical (unpaired) electrons. The molecule has 24 heavy (non-hydrogen) atoms. The van der Waals surface area contributed by atoms with Gasteiger partial charge in [-0.3, -0.25) is 14.9 Å². The van der Waals surface area contributed by atoms with Gasteiger partial charge in [0.05, 0.1) is 18.1 Å². The maximum atomic E-state index is 12.0. The van der Waals surface area contributed by atoms with Crippen molar-refractivity contribution in [2.75, 3.05) is 12.4 Å². The van der Waals surface area contributed by atoms with Gasteiger partial charge < -0.3 is 10.1 Å². The van der Waals surface area contributed by atoms with Crippen LogP contribution in [-0.4, -0.2) is 17.9 Å². The van der Waals surface area contributed by atoms with Gasteiger partial charge in [-0.05, 0) is 35.9 Å². The van der Waals surface area contributed by atoms with E-state index in [9.17, 15) is 14.9 Å². The molecule has 2 rings (SSSR count). The Kier molecular flexibility index (Phi) is 5.78. The Morgan fingerprint density at radius 3 is 2.62 bits per heavy atom. The van der Waals surface area contributed by atoms with Crippen LogP contribution in [-0.2, 0) is 4.79 Å². The van der Waals surface area contributed by atoms with Crippen molar-refractivity contribution in [1.82, 2.24) is 0 Å². The first-order valence-corrected chi connectivity index (χ1v) is 7.43. The van der Waals surface area contributed by atoms with Gasteiger partial charge in [0.1, 0.15) is 11.4 Å². The number of amides is 1. The number of hydrogen-bond donors (Lipinski definition) is 1. The molecule has 1 N–H and O–H groups in total. The molecule has 0 saturated heterocycles. The molecule has 8 heteroatoms. The zero-order chi connectivity index (χ0) is 17.7. The van der Waals surface area contributed by atoms with Crippen LogP contribution in [0.3, 0.4) is 0 Å². The van der Waals surface area contributed by atoms with E-state index in [4.69, 9.17) is 27.9 Å². The van der Waals surface area contributed by atoms with Gasteiger partial charge in [-0.15, -0.1) is 0 Å². The van der Waals surface area contributed by atoms with Crippen LogP contribution < -0.4 is 10.1 Å². The Labute approximate surface area is 147 Å². The standard InChI is InChI=1S/C16H12Cl2N2O4/c1-24-12-5-6-14(15(9-12)20(22)23)19-16(21)7-3-10-2-4-11(17)8-13(10)18/h2-9H,1H3,(H,19,21)/b7-3+. The number of nitro groups is 1. The van der Waals surface area contributed by atoms with E-state index in [0.717, 1.165) is 0 Å². The van der Waals surface area contributed by atoms with Crippen molar-refractivity contribution < 1.29 is 14.5 Å². The summed E-state index contributed by atoms with van der Waals surface area (Å²) < 4.78 is 4.94. The van der Waals surface area contributed by atoms with E-state index in [-0.39, 0.29) is 11.4 Å². The molecule has 0 heterocycles. The number of halogens is 2. The van der Waals surface area contributed by atoms with Crippen molar-refractivity contribution in [3.05, 3.63) is 68.2 Å². The molecule has 0 fully saturated rings. The summed E-state index contributed by atoms with van der Waals surface area (Å²) in [5.74, 6) is -0.211. The molecule has 124 valence electrons. The van der Waals surface area contributed by atoms with E-state index in [0.29, 0.717) is 21.4 Å². The highest BCUT2D eigenvalue weighted by Gasteiger charge is 2.16. The molecule has 0 aliphatic rings. The number of anilines is 1. The third-order valence-electron chi connectivity index (χ3n) is 3.04. The quantitative estimate of drug-likeness (QED) is 0.477. The molecule has 0 aliphatic carbocycles. The van der Waals surface area contributed by atoms with E-state index < -0.39 is 10.8 Å². The zero-order valence-corrected chi connectivity index (χ0v) is 14.0. The molecule has 0 unspecified atom stereocenters. The van der Waals surface area contributed by atoms with Crippen molar-refractivity contribution in [2.24, 2.45) is 0 Å². The van der Waals surface area contributed by atoms with Crippen LogP contribution in [0.4, 0.5) is 11.4 Å². The average Bonchev–Trinajstić information content (AvgIpc) is 2.54. The lowest BCUT2D eigenvalue weighted by Gasteiger charge is -2.06. The van der Waals surface area contributed by atoms with Gasteiger partial charge in [-0.25, -0.2) is 0 Å². The normalized spacial score (nSPS) is 10.6. The van der Waals surface area contributed by atoms with Crippen molar-refractivity contribution in [3.8, 4) is 5.75 Å². The third kappa shape index (κ3) is 4.47. The number of rotatable bonds is 5. The summed E-state index contributed by atoms with van der Waals surface area (Å²) in [6.07, 6.45) is 2.71. The number of benzene rings is 2. The molecular formula is C16H12Cl2N2O4. The first kappa shape index (κ1) is 17.8. The predicted octanol–water partition coefficient (Wildman–Crippen LogP) is 4.56. The SMILES string of the molecule is COc1ccc(NC(=O)/C=C/c2ccc(Cl)cc2Cl)c([N+](=O)[O-])c1. The lowest BCUT2D eigenvalue weighted by molar-refractivity contribution is -0.384. The van der Waals surface area contributed by atoms with Gasteiger partial charge in [0, 0.05) is 16.1 Å². The number of nitro benzene ring substituents is 1. The number of carbonyl (C=O) groups is 1. The monoisotopic (exact) mass is 366 g/mol. The minimum atomic E-state index is -0.599. The Morgan fingerprint density at radius 1 is 1.25 bits per heavy atom. The van der Waals surface area contributed by atoms with Crippen molar-refractivity contribution >= 4 is 46.6 Å². The number of methoxy groups -OCH3 is 1. The van der Waals surface area contributed by atoms with Crippen LogP contribution in [0.2, 0.25) is 10.0 Å². The molecule has 2 aromatic rings. The Hall–Kier alpha value is -2.57. The summed E-state index contributed by atoms with van der Waals surface area (Å²) in [6, 6.07) is 8.99. The number of carbonyl (C=O) groups excluding carboxylic acids is 1. The molecule has 0 spiro atoms. The van der Waals surface area contributed by atoms with E-state index in [1.165, 1.54) is 37.5 Å². The van der Waals surface area contributed by atoms with Crippen molar-refractivity contribution in [2.45, 2.75) is 0 Å². The largest absolute Gasteiger partial charge is 0.496 e. The second kappa shape index (κ2) is 7.81.